The molecule has 0 saturated heterocycles. The first-order chi connectivity index (χ1) is 11.0. The third-order valence-electron chi connectivity index (χ3n) is 3.77. The first-order valence-corrected chi connectivity index (χ1v) is 8.44. The number of hydrogen-bond donors (Lipinski definition) is 2. The fourth-order valence-corrected chi connectivity index (χ4v) is 4.04. The molecule has 4 rings (SSSR count). The maximum atomic E-state index is 12.4. The highest BCUT2D eigenvalue weighted by molar-refractivity contribution is 8.02. The van der Waals surface area contributed by atoms with Crippen molar-refractivity contribution in [2.45, 2.75) is 0 Å². The Hall–Kier alpha value is -2.86. The van der Waals surface area contributed by atoms with Crippen LogP contribution in [-0.4, -0.2) is 18.5 Å². The van der Waals surface area contributed by atoms with E-state index in [4.69, 9.17) is 0 Å². The predicted molar refractivity (Wildman–Crippen MR) is 90.3 cm³/mol. The quantitative estimate of drug-likeness (QED) is 0.674. The number of pyridine rings is 1. The number of phenolic OH excluding ortho intramolecular Hbond substituents is 1. The molecule has 0 saturated carbocycles. The fraction of sp³-hybridized carbons (Fsp3) is 0. The van der Waals surface area contributed by atoms with Gasteiger partial charge < -0.3 is 5.11 Å². The van der Waals surface area contributed by atoms with Crippen LogP contribution in [0, 0.1) is 0 Å². The summed E-state index contributed by atoms with van der Waals surface area (Å²) in [6, 6.07) is 13.7. The Bertz CT molecular complexity index is 1070. The molecule has 2 heterocycles. The number of rotatable bonds is 1. The minimum atomic E-state index is -3.65. The molecule has 0 unspecified atom stereocenters. The number of anilines is 1. The molecule has 1 aromatic heterocycles. The van der Waals surface area contributed by atoms with Gasteiger partial charge in [-0.1, -0.05) is 18.2 Å². The third kappa shape index (κ3) is 2.24. The molecule has 3 aromatic rings. The molecule has 0 amide bonds. The number of aromatic hydroxyl groups is 1. The Balaban J connectivity index is 1.99. The lowest BCUT2D eigenvalue weighted by Gasteiger charge is -2.03. The Morgan fingerprint density at radius 3 is 2.83 bits per heavy atom. The van der Waals surface area contributed by atoms with Crippen LogP contribution in [0.5, 0.6) is 5.75 Å². The maximum Gasteiger partial charge on any atom is 0.262 e. The number of fused-ring (bicyclic) bond motifs is 2. The third-order valence-corrected chi connectivity index (χ3v) is 5.17. The zero-order valence-corrected chi connectivity index (χ0v) is 12.7. The lowest BCUT2D eigenvalue weighted by atomic mass is 10.1. The molecular weight excluding hydrogens is 312 g/mol. The SMILES string of the molecule is O=S1(=O)Nc2ccc(O)cc2C1=Cc1cccc2ncccc12. The van der Waals surface area contributed by atoms with Gasteiger partial charge in [0.2, 0.25) is 0 Å². The number of nitrogens with zero attached hydrogens (tertiary/aromatic N) is 1. The summed E-state index contributed by atoms with van der Waals surface area (Å²) in [5.41, 5.74) is 2.48. The van der Waals surface area contributed by atoms with Crippen molar-refractivity contribution in [3.63, 3.8) is 0 Å². The van der Waals surface area contributed by atoms with Gasteiger partial charge in [0, 0.05) is 17.1 Å². The summed E-state index contributed by atoms with van der Waals surface area (Å²) in [6.07, 6.45) is 3.30. The average molecular weight is 324 g/mol. The number of hydrogen-bond acceptors (Lipinski definition) is 4. The van der Waals surface area contributed by atoms with Gasteiger partial charge >= 0.3 is 0 Å². The topological polar surface area (TPSA) is 79.3 Å². The highest BCUT2D eigenvalue weighted by Crippen LogP contribution is 2.40. The van der Waals surface area contributed by atoms with E-state index >= 15 is 0 Å². The Kier molecular flexibility index (Phi) is 2.89. The zero-order chi connectivity index (χ0) is 16.0. The summed E-state index contributed by atoms with van der Waals surface area (Å²) in [7, 11) is -3.65. The minimum Gasteiger partial charge on any atom is -0.508 e. The van der Waals surface area contributed by atoms with Crippen molar-refractivity contribution in [2.24, 2.45) is 0 Å². The van der Waals surface area contributed by atoms with Crippen LogP contribution in [0.15, 0.2) is 54.7 Å². The first kappa shape index (κ1) is 13.8. The van der Waals surface area contributed by atoms with Gasteiger partial charge in [-0.05, 0) is 42.0 Å². The molecule has 0 fully saturated rings. The summed E-state index contributed by atoms with van der Waals surface area (Å²) in [5.74, 6) is 0.0214. The molecule has 2 aromatic carbocycles. The molecule has 6 heteroatoms. The summed E-state index contributed by atoms with van der Waals surface area (Å²) >= 11 is 0. The highest BCUT2D eigenvalue weighted by atomic mass is 32.2. The summed E-state index contributed by atoms with van der Waals surface area (Å²) in [4.78, 5) is 4.42. The van der Waals surface area contributed by atoms with Crippen molar-refractivity contribution in [2.75, 3.05) is 4.72 Å². The van der Waals surface area contributed by atoms with Crippen molar-refractivity contribution in [1.29, 1.82) is 0 Å². The van der Waals surface area contributed by atoms with Crippen LogP contribution in [0.2, 0.25) is 0 Å². The highest BCUT2D eigenvalue weighted by Gasteiger charge is 2.30. The van der Waals surface area contributed by atoms with E-state index in [0.717, 1.165) is 16.5 Å². The van der Waals surface area contributed by atoms with E-state index in [9.17, 15) is 13.5 Å². The Labute approximate surface area is 133 Å². The van der Waals surface area contributed by atoms with Gasteiger partial charge in [0.05, 0.1) is 16.1 Å². The van der Waals surface area contributed by atoms with Crippen LogP contribution >= 0.6 is 0 Å². The summed E-state index contributed by atoms with van der Waals surface area (Å²) in [5, 5.41) is 10.5. The fourth-order valence-electron chi connectivity index (χ4n) is 2.72. The maximum absolute atomic E-state index is 12.4. The molecule has 114 valence electrons. The van der Waals surface area contributed by atoms with Crippen molar-refractivity contribution in [3.05, 3.63) is 65.9 Å². The molecule has 23 heavy (non-hydrogen) atoms. The average Bonchev–Trinajstić information content (AvgIpc) is 2.78. The second-order valence-electron chi connectivity index (χ2n) is 5.26. The van der Waals surface area contributed by atoms with Gasteiger partial charge in [-0.3, -0.25) is 9.71 Å². The molecule has 2 N–H and O–H groups in total. The monoisotopic (exact) mass is 324 g/mol. The zero-order valence-electron chi connectivity index (χ0n) is 11.9. The van der Waals surface area contributed by atoms with E-state index in [1.165, 1.54) is 12.1 Å². The lowest BCUT2D eigenvalue weighted by Crippen LogP contribution is -2.05. The van der Waals surface area contributed by atoms with E-state index in [-0.39, 0.29) is 10.7 Å². The molecule has 0 bridgehead atoms. The van der Waals surface area contributed by atoms with Crippen molar-refractivity contribution in [3.8, 4) is 5.75 Å². The van der Waals surface area contributed by atoms with Gasteiger partial charge in [0.1, 0.15) is 5.75 Å². The van der Waals surface area contributed by atoms with Crippen LogP contribution in [-0.2, 0) is 10.0 Å². The predicted octanol–water partition coefficient (Wildman–Crippen LogP) is 3.19. The molecule has 1 aliphatic rings. The van der Waals surface area contributed by atoms with E-state index in [1.54, 1.807) is 18.3 Å². The van der Waals surface area contributed by atoms with E-state index in [2.05, 4.69) is 9.71 Å². The number of sulfonamides is 1. The summed E-state index contributed by atoms with van der Waals surface area (Å²) < 4.78 is 27.3. The number of aromatic nitrogens is 1. The van der Waals surface area contributed by atoms with Gasteiger partial charge in [-0.25, -0.2) is 8.42 Å². The van der Waals surface area contributed by atoms with Crippen LogP contribution < -0.4 is 4.72 Å². The second-order valence-corrected chi connectivity index (χ2v) is 6.91. The van der Waals surface area contributed by atoms with Gasteiger partial charge in [-0.15, -0.1) is 0 Å². The molecular formula is C17H12N2O3S. The largest absolute Gasteiger partial charge is 0.508 e. The molecule has 1 aliphatic heterocycles. The standard InChI is InChI=1S/C17H12N2O3S/c20-12-6-7-16-14(10-12)17(23(21,22)19-16)9-11-3-1-5-15-13(11)4-2-8-18-15/h1-10,19-20H. The van der Waals surface area contributed by atoms with Crippen molar-refractivity contribution < 1.29 is 13.5 Å². The van der Waals surface area contributed by atoms with Crippen LogP contribution in [0.3, 0.4) is 0 Å². The van der Waals surface area contributed by atoms with Gasteiger partial charge in [-0.2, -0.15) is 0 Å². The van der Waals surface area contributed by atoms with Gasteiger partial charge in [0.25, 0.3) is 10.0 Å². The number of benzene rings is 2. The molecule has 0 spiro atoms. The molecule has 0 aliphatic carbocycles. The van der Waals surface area contributed by atoms with E-state index < -0.39 is 10.0 Å². The van der Waals surface area contributed by atoms with Crippen molar-refractivity contribution in [1.82, 2.24) is 4.98 Å². The smallest absolute Gasteiger partial charge is 0.262 e. The first-order valence-electron chi connectivity index (χ1n) is 6.96. The Morgan fingerprint density at radius 2 is 1.96 bits per heavy atom. The van der Waals surface area contributed by atoms with Crippen LogP contribution in [0.1, 0.15) is 11.1 Å². The number of phenols is 1. The number of nitrogens with one attached hydrogen (secondary N) is 1. The summed E-state index contributed by atoms with van der Waals surface area (Å²) in [6.45, 7) is 0. The second kappa shape index (κ2) is 4.82. The molecule has 0 radical (unpaired) electrons. The lowest BCUT2D eigenvalue weighted by molar-refractivity contribution is 0.475. The molecule has 5 nitrogen and oxygen atoms in total. The molecule has 0 atom stereocenters. The Morgan fingerprint density at radius 1 is 1.09 bits per heavy atom. The van der Waals surface area contributed by atoms with Crippen molar-refractivity contribution >= 4 is 37.6 Å². The minimum absolute atomic E-state index is 0.0214. The van der Waals surface area contributed by atoms with E-state index in [1.807, 2.05) is 30.3 Å². The normalized spacial score (nSPS) is 17.1. The van der Waals surface area contributed by atoms with Crippen LogP contribution in [0.4, 0.5) is 5.69 Å². The van der Waals surface area contributed by atoms with Gasteiger partial charge in [0.15, 0.2) is 0 Å². The van der Waals surface area contributed by atoms with Crippen LogP contribution in [0.25, 0.3) is 21.9 Å². The van der Waals surface area contributed by atoms with E-state index in [0.29, 0.717) is 11.3 Å².